The molecular weight excluding hydrogens is 394 g/mol. The Morgan fingerprint density at radius 2 is 1.73 bits per heavy atom. The molecule has 1 heterocycles. The summed E-state index contributed by atoms with van der Waals surface area (Å²) >= 11 is 5.70. The molecule has 2 aromatic carbocycles. The van der Waals surface area contributed by atoms with E-state index < -0.39 is 0 Å². The highest BCUT2D eigenvalue weighted by Crippen LogP contribution is 2.39. The number of carbonyl (C=O) groups excluding carboxylic acids is 1. The van der Waals surface area contributed by atoms with Gasteiger partial charge in [0, 0.05) is 31.0 Å². The highest BCUT2D eigenvalue weighted by atomic mass is 32.1. The van der Waals surface area contributed by atoms with Crippen molar-refractivity contribution >= 4 is 23.0 Å². The zero-order valence-electron chi connectivity index (χ0n) is 17.7. The first-order valence-electron chi connectivity index (χ1n) is 10.7. The SMILES string of the molecule is COc1cc2c(cc1OC)C(=O)C(CC1CCN(C(=S)Cc3ccccc3)CC1)C2. The fourth-order valence-electron chi connectivity index (χ4n) is 4.79. The van der Waals surface area contributed by atoms with Gasteiger partial charge in [-0.25, -0.2) is 0 Å². The molecule has 30 heavy (non-hydrogen) atoms. The van der Waals surface area contributed by atoms with Crippen molar-refractivity contribution in [3.8, 4) is 11.5 Å². The Morgan fingerprint density at radius 3 is 2.40 bits per heavy atom. The number of methoxy groups -OCH3 is 2. The molecule has 2 aromatic rings. The van der Waals surface area contributed by atoms with Crippen molar-refractivity contribution in [2.75, 3.05) is 27.3 Å². The molecule has 1 fully saturated rings. The molecule has 1 atom stereocenters. The Morgan fingerprint density at radius 1 is 1.07 bits per heavy atom. The van der Waals surface area contributed by atoms with E-state index in [9.17, 15) is 4.79 Å². The molecule has 0 aromatic heterocycles. The molecule has 0 amide bonds. The van der Waals surface area contributed by atoms with Crippen LogP contribution in [0.4, 0.5) is 0 Å². The molecule has 2 aliphatic rings. The number of carbonyl (C=O) groups is 1. The van der Waals surface area contributed by atoms with Gasteiger partial charge in [0.05, 0.1) is 19.2 Å². The van der Waals surface area contributed by atoms with Crippen LogP contribution in [0, 0.1) is 11.8 Å². The maximum absolute atomic E-state index is 13.0. The fraction of sp³-hybridized carbons (Fsp3) is 0.440. The average Bonchev–Trinajstić information content (AvgIpc) is 3.08. The van der Waals surface area contributed by atoms with Gasteiger partial charge < -0.3 is 14.4 Å². The molecule has 0 spiro atoms. The lowest BCUT2D eigenvalue weighted by Gasteiger charge is -2.34. The number of benzene rings is 2. The van der Waals surface area contributed by atoms with E-state index in [2.05, 4.69) is 29.2 Å². The monoisotopic (exact) mass is 423 g/mol. The van der Waals surface area contributed by atoms with Crippen molar-refractivity contribution in [3.63, 3.8) is 0 Å². The highest BCUT2D eigenvalue weighted by molar-refractivity contribution is 7.80. The summed E-state index contributed by atoms with van der Waals surface area (Å²) in [7, 11) is 3.24. The summed E-state index contributed by atoms with van der Waals surface area (Å²) in [6.07, 6.45) is 4.79. The first-order chi connectivity index (χ1) is 14.6. The standard InChI is InChI=1S/C25H29NO3S/c1-28-22-15-19-14-20(25(27)21(19)16-23(22)29-2)12-18-8-10-26(11-9-18)24(30)13-17-6-4-3-5-7-17/h3-7,15-16,18,20H,8-14H2,1-2H3. The van der Waals surface area contributed by atoms with Gasteiger partial charge in [0.2, 0.25) is 0 Å². The van der Waals surface area contributed by atoms with E-state index >= 15 is 0 Å². The minimum absolute atomic E-state index is 0.0737. The Balaban J connectivity index is 1.32. The highest BCUT2D eigenvalue weighted by Gasteiger charge is 2.34. The lowest BCUT2D eigenvalue weighted by atomic mass is 9.85. The second kappa shape index (κ2) is 9.17. The second-order valence-electron chi connectivity index (χ2n) is 8.35. The molecule has 0 bridgehead atoms. The summed E-state index contributed by atoms with van der Waals surface area (Å²) in [6.45, 7) is 1.98. The molecule has 4 rings (SSSR count). The van der Waals surface area contributed by atoms with E-state index in [1.165, 1.54) is 5.56 Å². The van der Waals surface area contributed by atoms with Gasteiger partial charge in [-0.05, 0) is 54.9 Å². The number of fused-ring (bicyclic) bond motifs is 1. The maximum Gasteiger partial charge on any atom is 0.166 e. The number of piperidine rings is 1. The van der Waals surface area contributed by atoms with E-state index in [1.54, 1.807) is 14.2 Å². The number of thiocarbonyl (C=S) groups is 1. The number of Topliss-reactive ketones (excluding diaryl/α,β-unsaturated/α-hetero) is 1. The molecule has 0 N–H and O–H groups in total. The van der Waals surface area contributed by atoms with Crippen LogP contribution < -0.4 is 9.47 Å². The van der Waals surface area contributed by atoms with Crippen LogP contribution in [0.1, 0.15) is 40.7 Å². The molecule has 1 saturated heterocycles. The molecule has 0 saturated carbocycles. The fourth-order valence-corrected chi connectivity index (χ4v) is 5.14. The Labute approximate surface area is 184 Å². The molecule has 4 nitrogen and oxygen atoms in total. The maximum atomic E-state index is 13.0. The van der Waals surface area contributed by atoms with Gasteiger partial charge in [0.25, 0.3) is 0 Å². The molecular formula is C25H29NO3S. The van der Waals surface area contributed by atoms with E-state index in [4.69, 9.17) is 21.7 Å². The Kier molecular flexibility index (Phi) is 6.38. The van der Waals surface area contributed by atoms with E-state index in [-0.39, 0.29) is 11.7 Å². The smallest absolute Gasteiger partial charge is 0.166 e. The largest absolute Gasteiger partial charge is 0.493 e. The third kappa shape index (κ3) is 4.36. The number of ether oxygens (including phenoxy) is 2. The minimum Gasteiger partial charge on any atom is -0.493 e. The van der Waals surface area contributed by atoms with Crippen LogP contribution in [-0.4, -0.2) is 43.0 Å². The van der Waals surface area contributed by atoms with Gasteiger partial charge in [0.15, 0.2) is 17.3 Å². The van der Waals surface area contributed by atoms with Crippen molar-refractivity contribution in [2.45, 2.75) is 32.1 Å². The van der Waals surface area contributed by atoms with Gasteiger partial charge in [-0.1, -0.05) is 42.5 Å². The van der Waals surface area contributed by atoms with Crippen LogP contribution in [0.3, 0.4) is 0 Å². The summed E-state index contributed by atoms with van der Waals surface area (Å²) in [5, 5.41) is 0. The van der Waals surface area contributed by atoms with Crippen molar-refractivity contribution in [2.24, 2.45) is 11.8 Å². The van der Waals surface area contributed by atoms with Crippen molar-refractivity contribution < 1.29 is 14.3 Å². The summed E-state index contributed by atoms with van der Waals surface area (Å²) < 4.78 is 10.8. The van der Waals surface area contributed by atoms with Crippen LogP contribution >= 0.6 is 12.2 Å². The summed E-state index contributed by atoms with van der Waals surface area (Å²) in [6, 6.07) is 14.2. The third-order valence-electron chi connectivity index (χ3n) is 6.50. The third-order valence-corrected chi connectivity index (χ3v) is 6.90. The number of nitrogens with zero attached hydrogens (tertiary/aromatic N) is 1. The second-order valence-corrected chi connectivity index (χ2v) is 8.82. The summed E-state index contributed by atoms with van der Waals surface area (Å²) in [4.78, 5) is 16.4. The van der Waals surface area contributed by atoms with Gasteiger partial charge in [-0.15, -0.1) is 0 Å². The number of likely N-dealkylation sites (tertiary alicyclic amines) is 1. The van der Waals surface area contributed by atoms with Crippen LogP contribution in [0.5, 0.6) is 11.5 Å². The first-order valence-corrected chi connectivity index (χ1v) is 11.1. The van der Waals surface area contributed by atoms with Gasteiger partial charge in [-0.2, -0.15) is 0 Å². The Hall–Kier alpha value is -2.40. The zero-order chi connectivity index (χ0) is 21.1. The molecule has 1 aliphatic carbocycles. The van der Waals surface area contributed by atoms with E-state index in [0.29, 0.717) is 17.4 Å². The van der Waals surface area contributed by atoms with Crippen LogP contribution in [-0.2, 0) is 12.8 Å². The van der Waals surface area contributed by atoms with E-state index in [0.717, 1.165) is 61.3 Å². The zero-order valence-corrected chi connectivity index (χ0v) is 18.5. The van der Waals surface area contributed by atoms with Crippen molar-refractivity contribution in [1.29, 1.82) is 0 Å². The average molecular weight is 424 g/mol. The van der Waals surface area contributed by atoms with Crippen molar-refractivity contribution in [3.05, 3.63) is 59.2 Å². The summed E-state index contributed by atoms with van der Waals surface area (Å²) in [5.74, 6) is 2.24. The predicted molar refractivity (Wildman–Crippen MR) is 123 cm³/mol. The molecule has 0 radical (unpaired) electrons. The lowest BCUT2D eigenvalue weighted by Crippen LogP contribution is -2.39. The van der Waals surface area contributed by atoms with Crippen LogP contribution in [0.2, 0.25) is 0 Å². The number of hydrogen-bond acceptors (Lipinski definition) is 4. The number of hydrogen-bond donors (Lipinski definition) is 0. The first kappa shape index (κ1) is 20.9. The van der Waals surface area contributed by atoms with Gasteiger partial charge in [-0.3, -0.25) is 4.79 Å². The van der Waals surface area contributed by atoms with Gasteiger partial charge in [0.1, 0.15) is 0 Å². The Bertz CT molecular complexity index is 919. The quantitative estimate of drug-likeness (QED) is 0.628. The number of ketones is 1. The normalized spacial score (nSPS) is 18.9. The lowest BCUT2D eigenvalue weighted by molar-refractivity contribution is 0.0907. The molecule has 158 valence electrons. The topological polar surface area (TPSA) is 38.8 Å². The van der Waals surface area contributed by atoms with E-state index in [1.807, 2.05) is 18.2 Å². The van der Waals surface area contributed by atoms with Crippen LogP contribution in [0.25, 0.3) is 0 Å². The summed E-state index contributed by atoms with van der Waals surface area (Å²) in [5.41, 5.74) is 3.16. The minimum atomic E-state index is 0.0737. The molecule has 1 unspecified atom stereocenters. The predicted octanol–water partition coefficient (Wildman–Crippen LogP) is 4.73. The number of rotatable bonds is 6. The molecule has 5 heteroatoms. The van der Waals surface area contributed by atoms with Crippen molar-refractivity contribution in [1.82, 2.24) is 4.90 Å². The van der Waals surface area contributed by atoms with Crippen LogP contribution in [0.15, 0.2) is 42.5 Å². The van der Waals surface area contributed by atoms with Gasteiger partial charge >= 0.3 is 0 Å². The molecule has 1 aliphatic heterocycles.